The van der Waals surface area contributed by atoms with E-state index >= 15 is 0 Å². The number of aromatic hydroxyl groups is 1. The predicted octanol–water partition coefficient (Wildman–Crippen LogP) is 4.18. The Morgan fingerprint density at radius 3 is 2.72 bits per heavy atom. The Bertz CT molecular complexity index is 875. The molecule has 25 heavy (non-hydrogen) atoms. The third-order valence-corrected chi connectivity index (χ3v) is 4.24. The van der Waals surface area contributed by atoms with Gasteiger partial charge in [-0.25, -0.2) is 9.97 Å². The van der Waals surface area contributed by atoms with Gasteiger partial charge < -0.3 is 14.8 Å². The van der Waals surface area contributed by atoms with E-state index < -0.39 is 0 Å². The topological polar surface area (TPSA) is 71.2 Å². The molecule has 5 heteroatoms. The normalized spacial score (nSPS) is 14.9. The number of imidazole rings is 1. The first kappa shape index (κ1) is 16.8. The van der Waals surface area contributed by atoms with Crippen LogP contribution in [0, 0.1) is 0 Å². The highest BCUT2D eigenvalue weighted by molar-refractivity contribution is 5.78. The van der Waals surface area contributed by atoms with E-state index in [1.165, 1.54) is 12.2 Å². The van der Waals surface area contributed by atoms with Crippen molar-refractivity contribution in [2.75, 3.05) is 0 Å². The summed E-state index contributed by atoms with van der Waals surface area (Å²) < 4.78 is 2.10. The molecule has 0 aromatic carbocycles. The molecule has 0 aliphatic carbocycles. The van der Waals surface area contributed by atoms with Crippen LogP contribution in [-0.4, -0.2) is 24.7 Å². The van der Waals surface area contributed by atoms with Crippen LogP contribution in [0.25, 0.3) is 16.8 Å². The van der Waals surface area contributed by atoms with Crippen LogP contribution < -0.4 is 0 Å². The van der Waals surface area contributed by atoms with Gasteiger partial charge in [0.1, 0.15) is 11.6 Å². The minimum Gasteiger partial charge on any atom is -0.507 e. The molecule has 0 saturated heterocycles. The predicted molar refractivity (Wildman–Crippen MR) is 99.1 cm³/mol. The molecule has 2 aromatic rings. The SMILES string of the molecule is C=C/C=C(\C(O)=C/C=C)c1nc(-c2cccnc2O)c2n1CCCC2. The van der Waals surface area contributed by atoms with Gasteiger partial charge in [0.15, 0.2) is 0 Å². The van der Waals surface area contributed by atoms with Gasteiger partial charge in [0, 0.05) is 18.4 Å². The smallest absolute Gasteiger partial charge is 0.220 e. The van der Waals surface area contributed by atoms with Gasteiger partial charge in [-0.1, -0.05) is 25.3 Å². The van der Waals surface area contributed by atoms with Crippen molar-refractivity contribution in [1.82, 2.24) is 14.5 Å². The van der Waals surface area contributed by atoms with E-state index in [0.29, 0.717) is 22.7 Å². The van der Waals surface area contributed by atoms with Crippen LogP contribution >= 0.6 is 0 Å². The number of rotatable bonds is 5. The maximum Gasteiger partial charge on any atom is 0.220 e. The van der Waals surface area contributed by atoms with Crippen molar-refractivity contribution < 1.29 is 10.2 Å². The highest BCUT2D eigenvalue weighted by Crippen LogP contribution is 2.35. The van der Waals surface area contributed by atoms with Gasteiger partial charge in [-0.15, -0.1) is 0 Å². The fourth-order valence-electron chi connectivity index (χ4n) is 3.14. The number of allylic oxidation sites excluding steroid dienone is 5. The molecule has 1 aliphatic rings. The average molecular weight is 335 g/mol. The average Bonchev–Trinajstić information content (AvgIpc) is 2.99. The molecule has 3 heterocycles. The molecule has 0 saturated carbocycles. The van der Waals surface area contributed by atoms with Crippen molar-refractivity contribution >= 4 is 5.57 Å². The molecule has 2 aromatic heterocycles. The lowest BCUT2D eigenvalue weighted by molar-refractivity contribution is 0.435. The molecule has 2 N–H and O–H groups in total. The van der Waals surface area contributed by atoms with Crippen molar-refractivity contribution in [2.45, 2.75) is 25.8 Å². The van der Waals surface area contributed by atoms with Crippen LogP contribution in [0.2, 0.25) is 0 Å². The molecule has 128 valence electrons. The van der Waals surface area contributed by atoms with E-state index in [2.05, 4.69) is 22.7 Å². The Morgan fingerprint density at radius 2 is 2.00 bits per heavy atom. The third-order valence-electron chi connectivity index (χ3n) is 4.24. The van der Waals surface area contributed by atoms with Crippen LogP contribution in [0.5, 0.6) is 5.88 Å². The maximum atomic E-state index is 10.4. The molecular formula is C20H21N3O2. The Morgan fingerprint density at radius 1 is 1.20 bits per heavy atom. The van der Waals surface area contributed by atoms with Crippen molar-refractivity contribution in [1.29, 1.82) is 0 Å². The summed E-state index contributed by atoms with van der Waals surface area (Å²) in [6, 6.07) is 3.58. The molecular weight excluding hydrogens is 314 g/mol. The third kappa shape index (κ3) is 3.13. The monoisotopic (exact) mass is 335 g/mol. The van der Waals surface area contributed by atoms with E-state index in [1.807, 2.05) is 0 Å². The first-order valence-electron chi connectivity index (χ1n) is 8.26. The largest absolute Gasteiger partial charge is 0.507 e. The number of nitrogens with zero attached hydrogens (tertiary/aromatic N) is 3. The number of aromatic nitrogens is 3. The number of fused-ring (bicyclic) bond motifs is 1. The standard InChI is InChI=1S/C20H21N3O2/c1-3-8-14(17(24)9-4-2)19-22-18(15-10-7-12-21-20(15)25)16-11-5-6-13-23(16)19/h3-4,7-10,12,24H,1-2,5-6,11,13H2,(H,21,25)/b14-8+,17-9+. The lowest BCUT2D eigenvalue weighted by atomic mass is 10.0. The second-order valence-electron chi connectivity index (χ2n) is 5.82. The van der Waals surface area contributed by atoms with Crippen molar-refractivity contribution in [3.63, 3.8) is 0 Å². The maximum absolute atomic E-state index is 10.4. The lowest BCUT2D eigenvalue weighted by Crippen LogP contribution is -2.13. The Kier molecular flexibility index (Phi) is 4.84. The van der Waals surface area contributed by atoms with Crippen LogP contribution in [-0.2, 0) is 13.0 Å². The van der Waals surface area contributed by atoms with E-state index in [0.717, 1.165) is 31.5 Å². The zero-order valence-electron chi connectivity index (χ0n) is 14.0. The van der Waals surface area contributed by atoms with Crippen LogP contribution in [0.3, 0.4) is 0 Å². The van der Waals surface area contributed by atoms with E-state index in [4.69, 9.17) is 4.98 Å². The molecule has 5 nitrogen and oxygen atoms in total. The van der Waals surface area contributed by atoms with Gasteiger partial charge in [-0.05, 0) is 43.5 Å². The second-order valence-corrected chi connectivity index (χ2v) is 5.82. The Labute approximate surface area is 147 Å². The highest BCUT2D eigenvalue weighted by Gasteiger charge is 2.25. The van der Waals surface area contributed by atoms with Gasteiger partial charge in [0.05, 0.1) is 16.8 Å². The zero-order chi connectivity index (χ0) is 17.8. The van der Waals surface area contributed by atoms with Gasteiger partial charge in [0.25, 0.3) is 0 Å². The van der Waals surface area contributed by atoms with Crippen molar-refractivity contribution in [3.05, 3.63) is 73.1 Å². The number of aliphatic hydroxyl groups is 1. The molecule has 0 spiro atoms. The Balaban J connectivity index is 2.23. The molecule has 3 rings (SSSR count). The summed E-state index contributed by atoms with van der Waals surface area (Å²) in [5.41, 5.74) is 2.94. The summed E-state index contributed by atoms with van der Waals surface area (Å²) in [6.45, 7) is 8.18. The molecule has 0 unspecified atom stereocenters. The quantitative estimate of drug-likeness (QED) is 0.635. The fourth-order valence-corrected chi connectivity index (χ4v) is 3.14. The molecule has 0 radical (unpaired) electrons. The zero-order valence-corrected chi connectivity index (χ0v) is 14.0. The first-order valence-corrected chi connectivity index (χ1v) is 8.26. The minimum atomic E-state index is -0.0411. The second kappa shape index (κ2) is 7.21. The van der Waals surface area contributed by atoms with Crippen LogP contribution in [0.1, 0.15) is 24.4 Å². The molecule has 1 aliphatic heterocycles. The number of hydrogen-bond acceptors (Lipinski definition) is 4. The first-order chi connectivity index (χ1) is 12.2. The summed E-state index contributed by atoms with van der Waals surface area (Å²) in [6.07, 6.45) is 10.9. The van der Waals surface area contributed by atoms with Crippen LogP contribution in [0.4, 0.5) is 0 Å². The summed E-state index contributed by atoms with van der Waals surface area (Å²) in [7, 11) is 0. The molecule has 0 atom stereocenters. The molecule has 0 bridgehead atoms. The van der Waals surface area contributed by atoms with Gasteiger partial charge >= 0.3 is 0 Å². The number of aliphatic hydroxyl groups excluding tert-OH is 1. The van der Waals surface area contributed by atoms with E-state index in [9.17, 15) is 10.2 Å². The van der Waals surface area contributed by atoms with Gasteiger partial charge in [0.2, 0.25) is 5.88 Å². The fraction of sp³-hybridized carbons (Fsp3) is 0.200. The summed E-state index contributed by atoms with van der Waals surface area (Å²) >= 11 is 0. The molecule has 0 amide bonds. The summed E-state index contributed by atoms with van der Waals surface area (Å²) in [4.78, 5) is 8.72. The highest BCUT2D eigenvalue weighted by atomic mass is 16.3. The van der Waals surface area contributed by atoms with Gasteiger partial charge in [-0.3, -0.25) is 0 Å². The minimum absolute atomic E-state index is 0.0411. The number of pyridine rings is 1. The van der Waals surface area contributed by atoms with Crippen molar-refractivity contribution in [2.24, 2.45) is 0 Å². The summed E-state index contributed by atoms with van der Waals surface area (Å²) in [5.74, 6) is 0.694. The van der Waals surface area contributed by atoms with E-state index in [-0.39, 0.29) is 11.6 Å². The van der Waals surface area contributed by atoms with Crippen molar-refractivity contribution in [3.8, 4) is 17.1 Å². The van der Waals surface area contributed by atoms with E-state index in [1.54, 1.807) is 30.5 Å². The molecule has 0 fully saturated rings. The Hall–Kier alpha value is -3.08. The van der Waals surface area contributed by atoms with Gasteiger partial charge in [-0.2, -0.15) is 0 Å². The van der Waals surface area contributed by atoms with Crippen LogP contribution in [0.15, 0.2) is 61.6 Å². The lowest BCUT2D eigenvalue weighted by Gasteiger charge is -2.18. The summed E-state index contributed by atoms with van der Waals surface area (Å²) in [5, 5.41) is 20.5. The number of hydrogen-bond donors (Lipinski definition) is 2.